The minimum absolute atomic E-state index is 0.0256. The molecule has 382 valence electrons. The minimum atomic E-state index is -0.876. The Morgan fingerprint density at radius 3 is 2.22 bits per heavy atom. The third-order valence-corrected chi connectivity index (χ3v) is 15.6. The molecule has 3 aromatic carbocycles. The lowest BCUT2D eigenvalue weighted by molar-refractivity contribution is -0.144. The van der Waals surface area contributed by atoms with Crippen molar-refractivity contribution in [1.82, 2.24) is 40.7 Å². The van der Waals surface area contributed by atoms with Crippen LogP contribution in [-0.4, -0.2) is 115 Å². The Morgan fingerprint density at radius 1 is 0.849 bits per heavy atom. The zero-order valence-corrected chi connectivity index (χ0v) is 43.4. The Morgan fingerprint density at radius 2 is 1.56 bits per heavy atom. The molecule has 2 saturated heterocycles. The summed E-state index contributed by atoms with van der Waals surface area (Å²) < 4.78 is 0. The van der Waals surface area contributed by atoms with Gasteiger partial charge in [0.1, 0.15) is 17.8 Å². The van der Waals surface area contributed by atoms with Crippen molar-refractivity contribution in [2.75, 3.05) is 47.8 Å². The van der Waals surface area contributed by atoms with Crippen molar-refractivity contribution in [3.05, 3.63) is 114 Å². The molecule has 0 spiro atoms. The molecule has 3 aromatic heterocycles. The van der Waals surface area contributed by atoms with Gasteiger partial charge in [0.2, 0.25) is 23.7 Å². The molecule has 0 unspecified atom stereocenters. The van der Waals surface area contributed by atoms with Crippen LogP contribution in [0.25, 0.3) is 32.8 Å². The van der Waals surface area contributed by atoms with Gasteiger partial charge >= 0.3 is 0 Å². The Hall–Kier alpha value is -6.98. The number of likely N-dealkylation sites (tertiary alicyclic amines) is 1. The van der Waals surface area contributed by atoms with Crippen molar-refractivity contribution in [2.45, 2.75) is 110 Å². The molecule has 2 aliphatic heterocycles. The maximum absolute atomic E-state index is 14.3. The number of benzene rings is 3. The number of carbonyl (C=O) groups excluding carboxylic acids is 3. The second kappa shape index (κ2) is 22.0. The molecule has 5 heterocycles. The summed E-state index contributed by atoms with van der Waals surface area (Å²) in [7, 11) is 0. The number of anilines is 3. The summed E-state index contributed by atoms with van der Waals surface area (Å²) in [6, 6.07) is 24.1. The first-order chi connectivity index (χ1) is 35.1. The van der Waals surface area contributed by atoms with Crippen LogP contribution in [0.1, 0.15) is 89.5 Å². The lowest BCUT2D eigenvalue weighted by Gasteiger charge is -2.41. The van der Waals surface area contributed by atoms with Gasteiger partial charge in [0.15, 0.2) is 5.82 Å². The second-order valence-electron chi connectivity index (χ2n) is 20.8. The number of aryl methyl sites for hydroxylation is 1. The Bertz CT molecular complexity index is 2880. The Kier molecular flexibility index (Phi) is 15.4. The summed E-state index contributed by atoms with van der Waals surface area (Å²) in [6.45, 7) is 15.1. The van der Waals surface area contributed by atoms with Crippen LogP contribution in [0, 0.1) is 18.3 Å². The van der Waals surface area contributed by atoms with Crippen LogP contribution in [0.4, 0.5) is 17.5 Å². The van der Waals surface area contributed by atoms with Gasteiger partial charge in [-0.15, -0.1) is 21.5 Å². The molecule has 16 nitrogen and oxygen atoms in total. The molecular weight excluding hydrogens is 939 g/mol. The number of thiazole rings is 1. The van der Waals surface area contributed by atoms with Crippen LogP contribution in [0.5, 0.6) is 5.75 Å². The number of phenols is 1. The Labute approximate surface area is 431 Å². The summed E-state index contributed by atoms with van der Waals surface area (Å²) >= 11 is 1.59. The highest BCUT2D eigenvalue weighted by molar-refractivity contribution is 7.13. The summed E-state index contributed by atoms with van der Waals surface area (Å²) in [6.07, 6.45) is 6.13. The standard InChI is InChI=1S/C56H67N11O5S/c1-7-57-51-46(27-45(63-64-51)44-10-8-9-11-48(44)69)66-25-24-65(31-34(66)2)55-59-29-42(30-60-55)39-18-16-37(17-19-39)38-20-22-41(23-21-38)52(70)62-50(56(4,5)6)54(72)67-32-43(68)26-47(67)53(71)58-28-36-12-14-40(15-13-36)49-35(3)61-33-73-49/h8-19,27,29-30,33-34,38,41,43,47,50,68-69H,7,20-26,28,31-32H2,1-6H3,(H,57,64)(H,58,71)(H,62,70)/t34-,38?,41?,43+,47-,50+/m0/s1. The summed E-state index contributed by atoms with van der Waals surface area (Å²) in [5.41, 5.74) is 9.51. The molecule has 1 aliphatic carbocycles. The molecule has 3 amide bonds. The average molecular weight is 1010 g/mol. The van der Waals surface area contributed by atoms with Gasteiger partial charge in [-0.05, 0) is 98.2 Å². The van der Waals surface area contributed by atoms with Gasteiger partial charge < -0.3 is 40.9 Å². The first-order valence-corrected chi connectivity index (χ1v) is 26.4. The molecular formula is C56H67N11O5S. The zero-order chi connectivity index (χ0) is 51.4. The van der Waals surface area contributed by atoms with E-state index in [0.717, 1.165) is 57.9 Å². The third kappa shape index (κ3) is 11.5. The molecule has 3 fully saturated rings. The van der Waals surface area contributed by atoms with E-state index in [0.29, 0.717) is 61.4 Å². The van der Waals surface area contributed by atoms with Gasteiger partial charge in [-0.2, -0.15) is 0 Å². The van der Waals surface area contributed by atoms with Crippen molar-refractivity contribution >= 4 is 46.5 Å². The number of aliphatic hydroxyl groups is 1. The topological polar surface area (TPSA) is 202 Å². The summed E-state index contributed by atoms with van der Waals surface area (Å²) in [4.78, 5) is 62.9. The number of piperazine rings is 1. The second-order valence-corrected chi connectivity index (χ2v) is 21.7. The van der Waals surface area contributed by atoms with E-state index in [2.05, 4.69) is 72.1 Å². The van der Waals surface area contributed by atoms with Gasteiger partial charge in [-0.25, -0.2) is 15.0 Å². The number of phenolic OH excluding ortho intramolecular Hbond substituents is 1. The predicted molar refractivity (Wildman–Crippen MR) is 286 cm³/mol. The fourth-order valence-corrected chi connectivity index (χ4v) is 11.3. The van der Waals surface area contributed by atoms with E-state index >= 15 is 0 Å². The van der Waals surface area contributed by atoms with Crippen LogP contribution in [-0.2, 0) is 20.9 Å². The van der Waals surface area contributed by atoms with E-state index in [1.54, 1.807) is 23.5 Å². The number of rotatable bonds is 14. The molecule has 9 rings (SSSR count). The molecule has 73 heavy (non-hydrogen) atoms. The number of carbonyl (C=O) groups is 3. The SMILES string of the molecule is CCNc1nnc(-c2ccccc2O)cc1N1CCN(c2ncc(-c3ccc(C4CCC(C(=O)N[C@H](C(=O)N5C[C@H](O)C[C@H]5C(=O)NCc5ccc(-c6scnc6C)cc5)C(C)(C)C)CC4)cc3)cn2)C[C@@H]1C. The quantitative estimate of drug-likeness (QED) is 0.0704. The van der Waals surface area contributed by atoms with E-state index in [1.165, 1.54) is 10.5 Å². The maximum Gasteiger partial charge on any atom is 0.246 e. The highest BCUT2D eigenvalue weighted by atomic mass is 32.1. The van der Waals surface area contributed by atoms with Gasteiger partial charge in [0.05, 0.1) is 33.6 Å². The van der Waals surface area contributed by atoms with Gasteiger partial charge in [0.25, 0.3) is 0 Å². The number of nitrogens with zero attached hydrogens (tertiary/aromatic N) is 8. The number of amides is 3. The molecule has 1 saturated carbocycles. The first kappa shape index (κ1) is 50.9. The molecule has 4 atom stereocenters. The van der Waals surface area contributed by atoms with E-state index in [1.807, 2.05) is 95.0 Å². The first-order valence-electron chi connectivity index (χ1n) is 25.5. The van der Waals surface area contributed by atoms with Crippen molar-refractivity contribution in [3.63, 3.8) is 0 Å². The number of hydrogen-bond acceptors (Lipinski definition) is 14. The van der Waals surface area contributed by atoms with Gasteiger partial charge in [-0.3, -0.25) is 14.4 Å². The smallest absolute Gasteiger partial charge is 0.246 e. The highest BCUT2D eigenvalue weighted by Gasteiger charge is 2.45. The van der Waals surface area contributed by atoms with Crippen LogP contribution >= 0.6 is 11.3 Å². The van der Waals surface area contributed by atoms with Crippen molar-refractivity contribution in [2.24, 2.45) is 11.3 Å². The van der Waals surface area contributed by atoms with E-state index in [4.69, 9.17) is 9.97 Å². The highest BCUT2D eigenvalue weighted by Crippen LogP contribution is 2.38. The van der Waals surface area contributed by atoms with Gasteiger partial charge in [-0.1, -0.05) is 81.4 Å². The van der Waals surface area contributed by atoms with Crippen LogP contribution in [0.2, 0.25) is 0 Å². The van der Waals surface area contributed by atoms with E-state index in [9.17, 15) is 24.6 Å². The molecule has 6 aromatic rings. The Balaban J connectivity index is 0.764. The summed E-state index contributed by atoms with van der Waals surface area (Å²) in [5, 5.41) is 39.6. The number of hydrogen-bond donors (Lipinski definition) is 5. The molecule has 5 N–H and O–H groups in total. The number of para-hydroxylation sites is 1. The molecule has 17 heteroatoms. The van der Waals surface area contributed by atoms with Crippen LogP contribution in [0.3, 0.4) is 0 Å². The van der Waals surface area contributed by atoms with E-state index < -0.39 is 23.6 Å². The number of β-amino-alcohol motifs (C(OH)–C–C–N with tert-alkyl or cyclic N) is 1. The van der Waals surface area contributed by atoms with E-state index in [-0.39, 0.29) is 54.9 Å². The number of nitrogens with one attached hydrogen (secondary N) is 3. The van der Waals surface area contributed by atoms with Crippen molar-refractivity contribution < 1.29 is 24.6 Å². The summed E-state index contributed by atoms with van der Waals surface area (Å²) in [5.74, 6) is 0.775. The molecule has 3 aliphatic rings. The predicted octanol–water partition coefficient (Wildman–Crippen LogP) is 7.97. The number of aromatic nitrogens is 5. The zero-order valence-electron chi connectivity index (χ0n) is 42.6. The number of aliphatic hydroxyl groups excluding tert-OH is 1. The van der Waals surface area contributed by atoms with Gasteiger partial charge in [0, 0.05) is 81.2 Å². The number of aromatic hydroxyl groups is 1. The van der Waals surface area contributed by atoms with Crippen molar-refractivity contribution in [3.8, 4) is 38.6 Å². The normalized spacial score (nSPS) is 20.6. The molecule has 0 bridgehead atoms. The van der Waals surface area contributed by atoms with Crippen LogP contribution in [0.15, 0.2) is 96.8 Å². The fourth-order valence-electron chi connectivity index (χ4n) is 10.5. The van der Waals surface area contributed by atoms with Crippen LogP contribution < -0.4 is 25.8 Å². The van der Waals surface area contributed by atoms with Crippen molar-refractivity contribution in [1.29, 1.82) is 0 Å². The largest absolute Gasteiger partial charge is 0.507 e. The third-order valence-electron chi connectivity index (χ3n) is 14.7. The lowest BCUT2D eigenvalue weighted by atomic mass is 9.77. The maximum atomic E-state index is 14.3. The minimum Gasteiger partial charge on any atom is -0.507 e. The average Bonchev–Trinajstić information content (AvgIpc) is 4.02. The lowest BCUT2D eigenvalue weighted by Crippen LogP contribution is -2.58. The fraction of sp³-hybridized carbons (Fsp3) is 0.429. The monoisotopic (exact) mass is 1010 g/mol. The molecule has 0 radical (unpaired) electrons.